The van der Waals surface area contributed by atoms with E-state index < -0.39 is 11.9 Å². The summed E-state index contributed by atoms with van der Waals surface area (Å²) in [6.07, 6.45) is 0.832. The Morgan fingerprint density at radius 3 is 2.76 bits per heavy atom. The summed E-state index contributed by atoms with van der Waals surface area (Å²) in [5.41, 5.74) is 0.456. The molecule has 0 aliphatic carbocycles. The predicted molar refractivity (Wildman–Crippen MR) is 109 cm³/mol. The van der Waals surface area contributed by atoms with Gasteiger partial charge < -0.3 is 21.1 Å². The van der Waals surface area contributed by atoms with Crippen LogP contribution in [0.4, 0.5) is 10.1 Å². The smallest absolute Gasteiger partial charge is 0.133 e. The first-order valence-corrected chi connectivity index (χ1v) is 8.95. The number of rotatable bonds is 8. The zero-order valence-corrected chi connectivity index (χ0v) is 16.9. The molecule has 1 unspecified atom stereocenters. The molecule has 0 amide bonds. The predicted octanol–water partition coefficient (Wildman–Crippen LogP) is 3.50. The molecule has 1 rings (SSSR count). The van der Waals surface area contributed by atoms with Crippen molar-refractivity contribution in [3.8, 4) is 6.07 Å². The van der Waals surface area contributed by atoms with Crippen molar-refractivity contribution in [1.29, 1.82) is 16.1 Å². The third kappa shape index (κ3) is 6.22. The summed E-state index contributed by atoms with van der Waals surface area (Å²) in [5, 5.41) is 40.4. The highest BCUT2D eigenvalue weighted by Crippen LogP contribution is 2.24. The Morgan fingerprint density at radius 1 is 1.56 bits per heavy atom. The molecule has 0 fully saturated rings. The molecule has 0 saturated carbocycles. The molecule has 0 radical (unpaired) electrons. The number of aliphatic hydroxyl groups excluding tert-OH is 1. The largest absolute Gasteiger partial charge is 0.382 e. The maximum Gasteiger partial charge on any atom is 0.133 e. The van der Waals surface area contributed by atoms with Crippen molar-refractivity contribution in [1.82, 2.24) is 5.32 Å². The van der Waals surface area contributed by atoms with Gasteiger partial charge in [-0.25, -0.2) is 4.39 Å². The van der Waals surface area contributed by atoms with Crippen molar-refractivity contribution in [3.05, 3.63) is 49.5 Å². The molecule has 1 aromatic rings. The normalized spacial score (nSPS) is 13.4. The van der Waals surface area contributed by atoms with E-state index in [4.69, 9.17) is 16.1 Å². The zero-order chi connectivity index (χ0) is 19.0. The highest BCUT2D eigenvalue weighted by molar-refractivity contribution is 14.1. The monoisotopic (exact) mass is 519 g/mol. The maximum atomic E-state index is 13.3. The lowest BCUT2D eigenvalue weighted by Gasteiger charge is -2.20. The van der Waals surface area contributed by atoms with Crippen LogP contribution in [0.5, 0.6) is 0 Å². The average Bonchev–Trinajstić information content (AvgIpc) is 2.57. The van der Waals surface area contributed by atoms with Crippen molar-refractivity contribution < 1.29 is 9.50 Å². The minimum Gasteiger partial charge on any atom is -0.382 e. The average molecular weight is 520 g/mol. The summed E-state index contributed by atoms with van der Waals surface area (Å²) < 4.78 is 14.2. The molecule has 132 valence electrons. The molecule has 25 heavy (non-hydrogen) atoms. The van der Waals surface area contributed by atoms with Crippen LogP contribution >= 0.6 is 38.5 Å². The highest BCUT2D eigenvalue weighted by Gasteiger charge is 2.19. The van der Waals surface area contributed by atoms with Crippen LogP contribution in [0.2, 0.25) is 0 Å². The van der Waals surface area contributed by atoms with Crippen LogP contribution < -0.4 is 10.6 Å². The van der Waals surface area contributed by atoms with Crippen molar-refractivity contribution in [2.75, 3.05) is 11.9 Å². The van der Waals surface area contributed by atoms with Gasteiger partial charge in [0, 0.05) is 21.9 Å². The van der Waals surface area contributed by atoms with E-state index in [-0.39, 0.29) is 17.0 Å². The molecular formula is C16H16BrFIN5O. The van der Waals surface area contributed by atoms with Gasteiger partial charge in [-0.3, -0.25) is 5.41 Å². The van der Waals surface area contributed by atoms with Crippen molar-refractivity contribution >= 4 is 56.1 Å². The van der Waals surface area contributed by atoms with Gasteiger partial charge in [0.05, 0.1) is 16.0 Å². The molecule has 0 saturated heterocycles. The van der Waals surface area contributed by atoms with E-state index in [0.717, 1.165) is 6.21 Å². The van der Waals surface area contributed by atoms with E-state index in [1.165, 1.54) is 24.3 Å². The second kappa shape index (κ2) is 10.3. The molecule has 0 bridgehead atoms. The lowest BCUT2D eigenvalue weighted by Crippen LogP contribution is -2.25. The van der Waals surface area contributed by atoms with E-state index in [0.29, 0.717) is 20.4 Å². The minimum atomic E-state index is -1.31. The highest BCUT2D eigenvalue weighted by atomic mass is 127. The molecule has 1 atom stereocenters. The summed E-state index contributed by atoms with van der Waals surface area (Å²) in [6, 6.07) is 5.72. The van der Waals surface area contributed by atoms with Gasteiger partial charge in [-0.15, -0.1) is 0 Å². The van der Waals surface area contributed by atoms with Gasteiger partial charge in [0.2, 0.25) is 0 Å². The Morgan fingerprint density at radius 2 is 2.24 bits per heavy atom. The first-order chi connectivity index (χ1) is 11.8. The van der Waals surface area contributed by atoms with E-state index in [9.17, 15) is 9.50 Å². The quantitative estimate of drug-likeness (QED) is 0.205. The van der Waals surface area contributed by atoms with Crippen LogP contribution in [0.25, 0.3) is 0 Å². The SMILES string of the molecule is CCN/C(Br)=C(\C=N)C(O)/C(=C/C(=N)C#N)Nc1ccc(F)cc1I. The fourth-order valence-corrected chi connectivity index (χ4v) is 3.03. The summed E-state index contributed by atoms with van der Waals surface area (Å²) >= 11 is 5.19. The number of nitriles is 1. The number of halogens is 3. The molecular weight excluding hydrogens is 504 g/mol. The van der Waals surface area contributed by atoms with Crippen LogP contribution in [0.15, 0.2) is 40.2 Å². The molecule has 5 N–H and O–H groups in total. The third-order valence-corrected chi connectivity index (χ3v) is 4.59. The third-order valence-electron chi connectivity index (χ3n) is 2.96. The molecule has 0 aliphatic rings. The number of aliphatic hydroxyl groups is 1. The van der Waals surface area contributed by atoms with Gasteiger partial charge >= 0.3 is 0 Å². The van der Waals surface area contributed by atoms with Crippen LogP contribution in [0.1, 0.15) is 6.92 Å². The molecule has 0 spiro atoms. The van der Waals surface area contributed by atoms with E-state index >= 15 is 0 Å². The second-order valence-electron chi connectivity index (χ2n) is 4.72. The standard InChI is InChI=1S/C16H16BrFIN5O/c1-2-23-16(17)11(8-21)15(25)14(6-10(22)7-20)24-13-4-3-9(18)5-12(13)19/h3-6,8,15,21-25H,2H2,1H3/b14-6-,16-11+,21-8?,22-10?. The zero-order valence-electron chi connectivity index (χ0n) is 13.2. The van der Waals surface area contributed by atoms with Crippen LogP contribution in [0, 0.1) is 31.5 Å². The van der Waals surface area contributed by atoms with Crippen LogP contribution in [-0.4, -0.2) is 29.7 Å². The Balaban J connectivity index is 3.32. The van der Waals surface area contributed by atoms with E-state index in [1.807, 2.05) is 29.5 Å². The molecule has 0 aromatic heterocycles. The minimum absolute atomic E-state index is 0.115. The van der Waals surface area contributed by atoms with Crippen molar-refractivity contribution in [2.45, 2.75) is 13.0 Å². The van der Waals surface area contributed by atoms with Crippen LogP contribution in [-0.2, 0) is 0 Å². The molecule has 0 aliphatic heterocycles. The molecule has 1 aromatic carbocycles. The number of anilines is 1. The second-order valence-corrected chi connectivity index (χ2v) is 6.68. The Hall–Kier alpha value is -1.77. The number of allylic oxidation sites excluding steroid dienone is 1. The van der Waals surface area contributed by atoms with Gasteiger partial charge in [-0.1, -0.05) is 0 Å². The molecule has 6 nitrogen and oxygen atoms in total. The number of hydrogen-bond donors (Lipinski definition) is 5. The Kier molecular flexibility index (Phi) is 8.74. The van der Waals surface area contributed by atoms with Crippen molar-refractivity contribution in [3.63, 3.8) is 0 Å². The molecule has 9 heteroatoms. The first-order valence-electron chi connectivity index (χ1n) is 7.08. The lowest BCUT2D eigenvalue weighted by molar-refractivity contribution is 0.254. The number of hydrogen-bond acceptors (Lipinski definition) is 6. The number of nitrogens with one attached hydrogen (secondary N) is 4. The van der Waals surface area contributed by atoms with Crippen LogP contribution in [0.3, 0.4) is 0 Å². The summed E-state index contributed by atoms with van der Waals surface area (Å²) in [7, 11) is 0. The van der Waals surface area contributed by atoms with Gasteiger partial charge in [0.25, 0.3) is 0 Å². The fraction of sp³-hybridized carbons (Fsp3) is 0.188. The summed E-state index contributed by atoms with van der Waals surface area (Å²) in [6.45, 7) is 2.43. The van der Waals surface area contributed by atoms with E-state index in [1.54, 1.807) is 6.07 Å². The Labute approximate surface area is 167 Å². The Bertz CT molecular complexity index is 772. The lowest BCUT2D eigenvalue weighted by atomic mass is 10.1. The van der Waals surface area contributed by atoms with Gasteiger partial charge in [0.15, 0.2) is 0 Å². The van der Waals surface area contributed by atoms with Gasteiger partial charge in [-0.05, 0) is 69.7 Å². The molecule has 0 heterocycles. The summed E-state index contributed by atoms with van der Waals surface area (Å²) in [5.74, 6) is -0.402. The van der Waals surface area contributed by atoms with Crippen molar-refractivity contribution in [2.24, 2.45) is 0 Å². The first kappa shape index (κ1) is 21.3. The summed E-state index contributed by atoms with van der Waals surface area (Å²) in [4.78, 5) is 0. The topological polar surface area (TPSA) is 116 Å². The number of benzene rings is 1. The van der Waals surface area contributed by atoms with E-state index in [2.05, 4.69) is 26.6 Å². The van der Waals surface area contributed by atoms with Gasteiger partial charge in [0.1, 0.15) is 23.7 Å². The number of nitrogens with zero attached hydrogens (tertiary/aromatic N) is 1. The van der Waals surface area contributed by atoms with Gasteiger partial charge in [-0.2, -0.15) is 5.26 Å². The fourth-order valence-electron chi connectivity index (χ4n) is 1.80. The maximum absolute atomic E-state index is 13.3.